The molecule has 1 aliphatic heterocycles. The first-order valence-electron chi connectivity index (χ1n) is 4.93. The fraction of sp³-hybridized carbons (Fsp3) is 1.00. The molecule has 5 heteroatoms. The SMILES string of the molecule is [B][C@@H]1CC[C@@]2(CO)COCOC1C2O. The molecule has 2 bridgehead atoms. The molecule has 0 amide bonds. The van der Waals surface area contributed by atoms with Crippen LogP contribution in [0.1, 0.15) is 12.8 Å². The number of aliphatic hydroxyl groups is 2. The number of fused-ring (bicyclic) bond motifs is 2. The Morgan fingerprint density at radius 2 is 2.29 bits per heavy atom. The maximum Gasteiger partial charge on any atom is 0.147 e. The van der Waals surface area contributed by atoms with Crippen LogP contribution >= 0.6 is 0 Å². The first-order chi connectivity index (χ1) is 6.69. The molecule has 1 aliphatic carbocycles. The summed E-state index contributed by atoms with van der Waals surface area (Å²) in [6.45, 7) is 0.409. The molecule has 4 nitrogen and oxygen atoms in total. The highest BCUT2D eigenvalue weighted by Gasteiger charge is 2.49. The van der Waals surface area contributed by atoms with Crippen molar-refractivity contribution < 1.29 is 19.7 Å². The van der Waals surface area contributed by atoms with Crippen LogP contribution in [0.3, 0.4) is 0 Å². The van der Waals surface area contributed by atoms with Crippen LogP contribution in [-0.2, 0) is 9.47 Å². The average molecular weight is 198 g/mol. The highest BCUT2D eigenvalue weighted by atomic mass is 16.7. The van der Waals surface area contributed by atoms with E-state index in [9.17, 15) is 10.2 Å². The van der Waals surface area contributed by atoms with E-state index in [-0.39, 0.29) is 19.2 Å². The highest BCUT2D eigenvalue weighted by Crippen LogP contribution is 2.43. The molecule has 2 rings (SSSR count). The van der Waals surface area contributed by atoms with Gasteiger partial charge in [-0.1, -0.05) is 6.42 Å². The van der Waals surface area contributed by atoms with Gasteiger partial charge in [0.1, 0.15) is 6.79 Å². The van der Waals surface area contributed by atoms with Crippen LogP contribution in [0.2, 0.25) is 5.82 Å². The van der Waals surface area contributed by atoms with Crippen molar-refractivity contribution in [2.75, 3.05) is 20.0 Å². The Labute approximate surface area is 84.6 Å². The summed E-state index contributed by atoms with van der Waals surface area (Å²) in [6, 6.07) is 0. The largest absolute Gasteiger partial charge is 0.396 e. The van der Waals surface area contributed by atoms with Crippen LogP contribution in [0.25, 0.3) is 0 Å². The Bertz CT molecular complexity index is 213. The molecule has 2 radical (unpaired) electrons. The van der Waals surface area contributed by atoms with Gasteiger partial charge in [-0.15, -0.1) is 0 Å². The quantitative estimate of drug-likeness (QED) is 0.555. The topological polar surface area (TPSA) is 58.9 Å². The third-order valence-corrected chi connectivity index (χ3v) is 3.38. The zero-order valence-corrected chi connectivity index (χ0v) is 8.06. The van der Waals surface area contributed by atoms with Crippen molar-refractivity contribution in [2.24, 2.45) is 5.41 Å². The second-order valence-corrected chi connectivity index (χ2v) is 4.27. The van der Waals surface area contributed by atoms with E-state index >= 15 is 0 Å². The smallest absolute Gasteiger partial charge is 0.147 e. The zero-order valence-electron chi connectivity index (χ0n) is 8.06. The van der Waals surface area contributed by atoms with E-state index in [0.717, 1.165) is 6.42 Å². The van der Waals surface area contributed by atoms with Crippen molar-refractivity contribution in [3.05, 3.63) is 0 Å². The van der Waals surface area contributed by atoms with Gasteiger partial charge in [-0.25, -0.2) is 0 Å². The molecule has 0 aromatic carbocycles. The number of rotatable bonds is 1. The lowest BCUT2D eigenvalue weighted by atomic mass is 9.62. The summed E-state index contributed by atoms with van der Waals surface area (Å²) >= 11 is 0. The first-order valence-corrected chi connectivity index (χ1v) is 4.93. The Balaban J connectivity index is 2.23. The molecule has 1 saturated heterocycles. The van der Waals surface area contributed by atoms with Gasteiger partial charge in [0.25, 0.3) is 0 Å². The van der Waals surface area contributed by atoms with Gasteiger partial charge in [-0.2, -0.15) is 0 Å². The van der Waals surface area contributed by atoms with Crippen LogP contribution in [0.15, 0.2) is 0 Å². The van der Waals surface area contributed by atoms with E-state index in [1.54, 1.807) is 0 Å². The molecule has 14 heavy (non-hydrogen) atoms. The molecule has 1 saturated carbocycles. The highest BCUT2D eigenvalue weighted by molar-refractivity contribution is 6.12. The molecule has 0 aromatic heterocycles. The van der Waals surface area contributed by atoms with Crippen LogP contribution in [0.4, 0.5) is 0 Å². The van der Waals surface area contributed by atoms with Crippen molar-refractivity contribution in [3.63, 3.8) is 0 Å². The predicted molar refractivity (Wildman–Crippen MR) is 50.0 cm³/mol. The molecule has 4 atom stereocenters. The van der Waals surface area contributed by atoms with Crippen LogP contribution < -0.4 is 0 Å². The van der Waals surface area contributed by atoms with Gasteiger partial charge in [0.2, 0.25) is 0 Å². The molecule has 78 valence electrons. The minimum absolute atomic E-state index is 0.0826. The van der Waals surface area contributed by atoms with E-state index in [1.807, 2.05) is 0 Å². The molecule has 1 heterocycles. The number of aliphatic hydroxyl groups excluding tert-OH is 2. The predicted octanol–water partition coefficient (Wildman–Crippen LogP) is -0.550. The van der Waals surface area contributed by atoms with Crippen molar-refractivity contribution in [2.45, 2.75) is 30.9 Å². The van der Waals surface area contributed by atoms with Crippen molar-refractivity contribution in [1.29, 1.82) is 0 Å². The molecule has 2 unspecified atom stereocenters. The number of hydrogen-bond donors (Lipinski definition) is 2. The lowest BCUT2D eigenvalue weighted by Crippen LogP contribution is -2.52. The summed E-state index contributed by atoms with van der Waals surface area (Å²) in [5, 5.41) is 19.4. The second kappa shape index (κ2) is 3.81. The van der Waals surface area contributed by atoms with Crippen molar-refractivity contribution >= 4 is 7.85 Å². The summed E-state index contributed by atoms with van der Waals surface area (Å²) in [5.74, 6) is -0.161. The van der Waals surface area contributed by atoms with E-state index in [0.29, 0.717) is 13.0 Å². The summed E-state index contributed by atoms with van der Waals surface area (Å²) < 4.78 is 10.5. The van der Waals surface area contributed by atoms with Gasteiger partial charge in [0.15, 0.2) is 0 Å². The fourth-order valence-corrected chi connectivity index (χ4v) is 2.31. The lowest BCUT2D eigenvalue weighted by molar-refractivity contribution is -0.117. The van der Waals surface area contributed by atoms with E-state index in [2.05, 4.69) is 0 Å². The van der Waals surface area contributed by atoms with Gasteiger partial charge >= 0.3 is 0 Å². The Kier molecular flexibility index (Phi) is 2.84. The second-order valence-electron chi connectivity index (χ2n) is 4.27. The Morgan fingerprint density at radius 1 is 1.50 bits per heavy atom. The maximum atomic E-state index is 10.0. The Hall–Kier alpha value is -0.0951. The van der Waals surface area contributed by atoms with Crippen LogP contribution in [0, 0.1) is 5.41 Å². The molecule has 2 fully saturated rings. The minimum atomic E-state index is -0.723. The van der Waals surface area contributed by atoms with Gasteiger partial charge in [0.05, 0.1) is 33.3 Å². The molecule has 2 aliphatic rings. The van der Waals surface area contributed by atoms with Gasteiger partial charge in [-0.3, -0.25) is 0 Å². The summed E-state index contributed by atoms with van der Waals surface area (Å²) in [5.41, 5.74) is -0.572. The third-order valence-electron chi connectivity index (χ3n) is 3.38. The van der Waals surface area contributed by atoms with Gasteiger partial charge in [0, 0.05) is 5.41 Å². The van der Waals surface area contributed by atoms with Crippen molar-refractivity contribution in [3.8, 4) is 0 Å². The molecular formula is C9H15BO4. The maximum absolute atomic E-state index is 10.0. The van der Waals surface area contributed by atoms with Gasteiger partial charge < -0.3 is 19.7 Å². The monoisotopic (exact) mass is 198 g/mol. The van der Waals surface area contributed by atoms with E-state index < -0.39 is 17.6 Å². The van der Waals surface area contributed by atoms with Crippen LogP contribution in [-0.4, -0.2) is 50.3 Å². The summed E-state index contributed by atoms with van der Waals surface area (Å²) in [4.78, 5) is 0. The Morgan fingerprint density at radius 3 is 3.00 bits per heavy atom. The third kappa shape index (κ3) is 1.48. The number of ether oxygens (including phenoxy) is 2. The molecule has 0 aromatic rings. The van der Waals surface area contributed by atoms with Gasteiger partial charge in [-0.05, 0) is 12.2 Å². The standard InChI is InChI=1S/C9H15BO4/c10-6-1-2-9(3-11)4-13-5-14-7(6)8(9)12/h6-8,11-12H,1-5H2/t6-,7?,8?,9-/m1/s1. The lowest BCUT2D eigenvalue weighted by Gasteiger charge is -2.44. The molecular weight excluding hydrogens is 183 g/mol. The summed E-state index contributed by atoms with van der Waals surface area (Å²) in [7, 11) is 5.84. The fourth-order valence-electron chi connectivity index (χ4n) is 2.31. The summed E-state index contributed by atoms with van der Waals surface area (Å²) in [6.07, 6.45) is 0.314. The van der Waals surface area contributed by atoms with E-state index in [4.69, 9.17) is 17.3 Å². The van der Waals surface area contributed by atoms with Crippen LogP contribution in [0.5, 0.6) is 0 Å². The molecule has 2 N–H and O–H groups in total. The first kappa shape index (κ1) is 10.4. The molecule has 0 spiro atoms. The van der Waals surface area contributed by atoms with E-state index in [1.165, 1.54) is 0 Å². The van der Waals surface area contributed by atoms with Crippen molar-refractivity contribution in [1.82, 2.24) is 0 Å². The normalized spacial score (nSPS) is 48.6. The average Bonchev–Trinajstić information content (AvgIpc) is 2.29. The number of hydrogen-bond acceptors (Lipinski definition) is 4. The zero-order chi connectivity index (χ0) is 10.2. The minimum Gasteiger partial charge on any atom is -0.396 e.